The molecule has 2 fully saturated rings. The maximum absolute atomic E-state index is 12.8. The number of nitrogens with one attached hydrogen (secondary N) is 3. The molecule has 5 heteroatoms. The van der Waals surface area contributed by atoms with Crippen LogP contribution in [-0.2, 0) is 9.59 Å². The third-order valence-electron chi connectivity index (χ3n) is 7.95. The minimum atomic E-state index is 0.112. The van der Waals surface area contributed by atoms with E-state index in [1.807, 2.05) is 30.5 Å². The number of aromatic nitrogens is 1. The summed E-state index contributed by atoms with van der Waals surface area (Å²) in [5.74, 6) is 1.16. The third kappa shape index (κ3) is 5.61. The van der Waals surface area contributed by atoms with Crippen molar-refractivity contribution in [1.29, 1.82) is 0 Å². The van der Waals surface area contributed by atoms with Gasteiger partial charge in [0, 0.05) is 45.9 Å². The van der Waals surface area contributed by atoms with Crippen molar-refractivity contribution < 1.29 is 9.59 Å². The lowest BCUT2D eigenvalue weighted by molar-refractivity contribution is -0.121. The van der Waals surface area contributed by atoms with Crippen molar-refractivity contribution in [3.8, 4) is 11.1 Å². The molecule has 1 aromatic heterocycles. The molecule has 35 heavy (non-hydrogen) atoms. The van der Waals surface area contributed by atoms with Crippen molar-refractivity contribution in [3.05, 3.63) is 48.7 Å². The summed E-state index contributed by atoms with van der Waals surface area (Å²) in [5, 5.41) is 7.36. The van der Waals surface area contributed by atoms with Crippen LogP contribution in [0.25, 0.3) is 22.0 Å². The number of carbonyl (C=O) groups excluding carboxylic acids is 2. The minimum absolute atomic E-state index is 0.112. The lowest BCUT2D eigenvalue weighted by Gasteiger charge is -2.25. The Bertz CT molecular complexity index is 1170. The normalized spacial score (nSPS) is 21.4. The van der Waals surface area contributed by atoms with E-state index in [9.17, 15) is 9.59 Å². The zero-order chi connectivity index (χ0) is 24.2. The van der Waals surface area contributed by atoms with Crippen molar-refractivity contribution in [2.24, 2.45) is 17.8 Å². The monoisotopic (exact) mass is 471 g/mol. The molecule has 0 spiro atoms. The standard InChI is InChI=1S/C30H37N3O2/c1-20-7-6-10-23(17-20)30(35)33-25-15-16-28-26(18-25)27(19-31-28)21-11-13-24(14-12-21)32-29(34)22-8-4-2-3-5-9-22/h11-16,18-20,22-23,31H,2-10,17H2,1H3,(H,32,34)(H,33,35). The van der Waals surface area contributed by atoms with Crippen LogP contribution < -0.4 is 10.6 Å². The van der Waals surface area contributed by atoms with Gasteiger partial charge in [0.1, 0.15) is 0 Å². The summed E-state index contributed by atoms with van der Waals surface area (Å²) in [6.07, 6.45) is 13.1. The van der Waals surface area contributed by atoms with Gasteiger partial charge in [0.05, 0.1) is 0 Å². The van der Waals surface area contributed by atoms with Crippen LogP contribution in [0.15, 0.2) is 48.7 Å². The van der Waals surface area contributed by atoms with Crippen LogP contribution in [0.1, 0.15) is 71.1 Å². The Morgan fingerprint density at radius 1 is 0.771 bits per heavy atom. The minimum Gasteiger partial charge on any atom is -0.361 e. The van der Waals surface area contributed by atoms with E-state index in [-0.39, 0.29) is 23.7 Å². The topological polar surface area (TPSA) is 74.0 Å². The molecule has 2 unspecified atom stereocenters. The summed E-state index contributed by atoms with van der Waals surface area (Å²) < 4.78 is 0. The van der Waals surface area contributed by atoms with Gasteiger partial charge in [-0.15, -0.1) is 0 Å². The average Bonchev–Trinajstić information content (AvgIpc) is 3.08. The molecule has 3 aromatic rings. The van der Waals surface area contributed by atoms with Gasteiger partial charge in [-0.1, -0.05) is 57.6 Å². The molecule has 2 amide bonds. The molecule has 0 bridgehead atoms. The number of hydrogen-bond acceptors (Lipinski definition) is 2. The zero-order valence-corrected chi connectivity index (χ0v) is 20.7. The summed E-state index contributed by atoms with van der Waals surface area (Å²) in [4.78, 5) is 28.9. The molecule has 2 aromatic carbocycles. The molecule has 2 aliphatic carbocycles. The Balaban J connectivity index is 1.28. The number of benzene rings is 2. The van der Waals surface area contributed by atoms with Gasteiger partial charge in [0.25, 0.3) is 0 Å². The van der Waals surface area contributed by atoms with Gasteiger partial charge in [-0.2, -0.15) is 0 Å². The van der Waals surface area contributed by atoms with Crippen molar-refractivity contribution >= 4 is 34.1 Å². The van der Waals surface area contributed by atoms with Crippen molar-refractivity contribution in [3.63, 3.8) is 0 Å². The van der Waals surface area contributed by atoms with E-state index in [2.05, 4.69) is 40.7 Å². The molecule has 5 nitrogen and oxygen atoms in total. The average molecular weight is 472 g/mol. The molecule has 5 rings (SSSR count). The second-order valence-electron chi connectivity index (χ2n) is 10.7. The summed E-state index contributed by atoms with van der Waals surface area (Å²) in [6.45, 7) is 2.24. The lowest BCUT2D eigenvalue weighted by atomic mass is 9.82. The van der Waals surface area contributed by atoms with Crippen LogP contribution >= 0.6 is 0 Å². The van der Waals surface area contributed by atoms with Gasteiger partial charge < -0.3 is 15.6 Å². The predicted molar refractivity (Wildman–Crippen MR) is 143 cm³/mol. The van der Waals surface area contributed by atoms with Crippen LogP contribution in [-0.4, -0.2) is 16.8 Å². The molecule has 2 atom stereocenters. The maximum Gasteiger partial charge on any atom is 0.227 e. The number of anilines is 2. The van der Waals surface area contributed by atoms with Crippen molar-refractivity contribution in [2.45, 2.75) is 71.1 Å². The number of H-pyrrole nitrogens is 1. The van der Waals surface area contributed by atoms with E-state index in [1.54, 1.807) is 0 Å². The summed E-state index contributed by atoms with van der Waals surface area (Å²) in [6, 6.07) is 14.1. The molecule has 184 valence electrons. The highest BCUT2D eigenvalue weighted by Crippen LogP contribution is 2.33. The molecule has 0 saturated heterocycles. The van der Waals surface area contributed by atoms with Crippen LogP contribution in [0.4, 0.5) is 11.4 Å². The molecule has 2 aliphatic rings. The maximum atomic E-state index is 12.8. The first-order valence-corrected chi connectivity index (χ1v) is 13.4. The van der Waals surface area contributed by atoms with E-state index in [0.717, 1.165) is 78.4 Å². The molecule has 3 N–H and O–H groups in total. The smallest absolute Gasteiger partial charge is 0.227 e. The van der Waals surface area contributed by atoms with Gasteiger partial charge in [0.2, 0.25) is 11.8 Å². The second-order valence-corrected chi connectivity index (χ2v) is 10.7. The zero-order valence-electron chi connectivity index (χ0n) is 20.7. The predicted octanol–water partition coefficient (Wildman–Crippen LogP) is 7.51. The van der Waals surface area contributed by atoms with Crippen molar-refractivity contribution in [1.82, 2.24) is 4.98 Å². The summed E-state index contributed by atoms with van der Waals surface area (Å²) >= 11 is 0. The number of amides is 2. The molecule has 0 aliphatic heterocycles. The van der Waals surface area contributed by atoms with Crippen LogP contribution in [0.2, 0.25) is 0 Å². The molecule has 2 saturated carbocycles. The Morgan fingerprint density at radius 2 is 1.43 bits per heavy atom. The number of carbonyl (C=O) groups is 2. The second kappa shape index (κ2) is 10.7. The van der Waals surface area contributed by atoms with E-state index < -0.39 is 0 Å². The van der Waals surface area contributed by atoms with Gasteiger partial charge in [0.15, 0.2) is 0 Å². The highest BCUT2D eigenvalue weighted by atomic mass is 16.2. The Morgan fingerprint density at radius 3 is 2.17 bits per heavy atom. The van der Waals surface area contributed by atoms with Gasteiger partial charge in [-0.25, -0.2) is 0 Å². The Labute approximate surface area is 208 Å². The van der Waals surface area contributed by atoms with Gasteiger partial charge in [-0.05, 0) is 67.5 Å². The number of rotatable bonds is 5. The fourth-order valence-corrected chi connectivity index (χ4v) is 5.87. The van der Waals surface area contributed by atoms with E-state index >= 15 is 0 Å². The summed E-state index contributed by atoms with van der Waals surface area (Å²) in [7, 11) is 0. The first-order valence-electron chi connectivity index (χ1n) is 13.4. The Kier molecular flexibility index (Phi) is 7.21. The fraction of sp³-hybridized carbons (Fsp3) is 0.467. The first kappa shape index (κ1) is 23.7. The molecular weight excluding hydrogens is 434 g/mol. The highest BCUT2D eigenvalue weighted by Gasteiger charge is 2.25. The van der Waals surface area contributed by atoms with Crippen LogP contribution in [0.3, 0.4) is 0 Å². The highest BCUT2D eigenvalue weighted by molar-refractivity contribution is 6.00. The summed E-state index contributed by atoms with van der Waals surface area (Å²) in [5.41, 5.74) is 4.89. The number of hydrogen-bond donors (Lipinski definition) is 3. The molecule has 0 radical (unpaired) electrons. The lowest BCUT2D eigenvalue weighted by Crippen LogP contribution is -2.27. The fourth-order valence-electron chi connectivity index (χ4n) is 5.87. The molecule has 1 heterocycles. The number of fused-ring (bicyclic) bond motifs is 1. The van der Waals surface area contributed by atoms with Crippen LogP contribution in [0, 0.1) is 17.8 Å². The van der Waals surface area contributed by atoms with E-state index in [1.165, 1.54) is 19.3 Å². The quantitative estimate of drug-likeness (QED) is 0.337. The van der Waals surface area contributed by atoms with E-state index in [4.69, 9.17) is 0 Å². The van der Waals surface area contributed by atoms with Crippen molar-refractivity contribution in [2.75, 3.05) is 10.6 Å². The number of aromatic amines is 1. The van der Waals surface area contributed by atoms with E-state index in [0.29, 0.717) is 5.92 Å². The molecular formula is C30H37N3O2. The first-order chi connectivity index (χ1) is 17.1. The Hall–Kier alpha value is -3.08. The van der Waals surface area contributed by atoms with Gasteiger partial charge >= 0.3 is 0 Å². The van der Waals surface area contributed by atoms with Gasteiger partial charge in [-0.3, -0.25) is 9.59 Å². The van der Waals surface area contributed by atoms with Crippen LogP contribution in [0.5, 0.6) is 0 Å². The SMILES string of the molecule is CC1CCCC(C(=O)Nc2ccc3[nH]cc(-c4ccc(NC(=O)C5CCCCCC5)cc4)c3c2)C1. The largest absolute Gasteiger partial charge is 0.361 e. The third-order valence-corrected chi connectivity index (χ3v) is 7.95.